The first-order chi connectivity index (χ1) is 5.65. The molecule has 0 radical (unpaired) electrons. The summed E-state index contributed by atoms with van der Waals surface area (Å²) in [6, 6.07) is 2.45. The average Bonchev–Trinajstić information content (AvgIpc) is 1.96. The van der Waals surface area contributed by atoms with Crippen molar-refractivity contribution in [3.8, 4) is 17.2 Å². The summed E-state index contributed by atoms with van der Waals surface area (Å²) >= 11 is 0. The van der Waals surface area contributed by atoms with Crippen molar-refractivity contribution in [2.24, 2.45) is 0 Å². The minimum Gasteiger partial charge on any atom is -0.508 e. The Morgan fingerprint density at radius 1 is 1.08 bits per heavy atom. The van der Waals surface area contributed by atoms with Crippen molar-refractivity contribution in [2.75, 3.05) is 0 Å². The van der Waals surface area contributed by atoms with Crippen molar-refractivity contribution >= 4 is 0 Å². The van der Waals surface area contributed by atoms with Gasteiger partial charge in [-0.3, -0.25) is 0 Å². The summed E-state index contributed by atoms with van der Waals surface area (Å²) in [5, 5.41) is 27.5. The molecule has 0 atom stereocenters. The van der Waals surface area contributed by atoms with Crippen LogP contribution < -0.4 is 0 Å². The fourth-order valence-electron chi connectivity index (χ4n) is 1.13. The normalized spacial score (nSPS) is 10.1. The lowest BCUT2D eigenvalue weighted by Gasteiger charge is -2.05. The molecule has 1 aromatic rings. The molecule has 0 aliphatic heterocycles. The van der Waals surface area contributed by atoms with E-state index in [1.807, 2.05) is 6.92 Å². The maximum absolute atomic E-state index is 9.28. The Bertz CT molecular complexity index is 258. The summed E-state index contributed by atoms with van der Waals surface area (Å²) in [6.07, 6.45) is 1.45. The Labute approximate surface area is 70.9 Å². The molecule has 0 aromatic heterocycles. The highest BCUT2D eigenvalue weighted by Gasteiger charge is 2.07. The van der Waals surface area contributed by atoms with E-state index in [1.54, 1.807) is 0 Å². The molecule has 66 valence electrons. The van der Waals surface area contributed by atoms with Crippen LogP contribution in [0.1, 0.15) is 18.9 Å². The lowest BCUT2D eigenvalue weighted by Crippen LogP contribution is -1.85. The van der Waals surface area contributed by atoms with Crippen LogP contribution in [-0.4, -0.2) is 15.3 Å². The largest absolute Gasteiger partial charge is 0.508 e. The van der Waals surface area contributed by atoms with Crippen molar-refractivity contribution < 1.29 is 15.3 Å². The van der Waals surface area contributed by atoms with Crippen LogP contribution in [0.15, 0.2) is 12.1 Å². The predicted octanol–water partition coefficient (Wildman–Crippen LogP) is 1.76. The van der Waals surface area contributed by atoms with Gasteiger partial charge in [-0.1, -0.05) is 13.3 Å². The van der Waals surface area contributed by atoms with Crippen LogP contribution in [0.3, 0.4) is 0 Å². The molecule has 1 rings (SSSR count). The molecule has 1 aromatic carbocycles. The van der Waals surface area contributed by atoms with Gasteiger partial charge in [-0.15, -0.1) is 0 Å². The topological polar surface area (TPSA) is 60.7 Å². The van der Waals surface area contributed by atoms with Crippen LogP contribution in [0.5, 0.6) is 17.2 Å². The molecule has 3 nitrogen and oxygen atoms in total. The fraction of sp³-hybridized carbons (Fsp3) is 0.333. The van der Waals surface area contributed by atoms with Gasteiger partial charge < -0.3 is 15.3 Å². The van der Waals surface area contributed by atoms with Gasteiger partial charge in [0.1, 0.15) is 17.2 Å². The third-order valence-corrected chi connectivity index (χ3v) is 1.69. The zero-order chi connectivity index (χ0) is 9.14. The van der Waals surface area contributed by atoms with Gasteiger partial charge in [0.05, 0.1) is 0 Å². The molecule has 0 spiro atoms. The van der Waals surface area contributed by atoms with Gasteiger partial charge in [-0.2, -0.15) is 0 Å². The summed E-state index contributed by atoms with van der Waals surface area (Å²) in [5.41, 5.74) is 0.496. The number of rotatable bonds is 2. The van der Waals surface area contributed by atoms with E-state index in [0.29, 0.717) is 12.0 Å². The first-order valence-corrected chi connectivity index (χ1v) is 3.89. The fourth-order valence-corrected chi connectivity index (χ4v) is 1.13. The van der Waals surface area contributed by atoms with E-state index in [1.165, 1.54) is 12.1 Å². The van der Waals surface area contributed by atoms with Crippen molar-refractivity contribution in [1.29, 1.82) is 0 Å². The van der Waals surface area contributed by atoms with Gasteiger partial charge in [0, 0.05) is 17.7 Å². The highest BCUT2D eigenvalue weighted by molar-refractivity contribution is 5.48. The quantitative estimate of drug-likeness (QED) is 0.630. The minimum absolute atomic E-state index is 0.0469. The summed E-state index contributed by atoms with van der Waals surface area (Å²) < 4.78 is 0. The molecular weight excluding hydrogens is 156 g/mol. The molecule has 0 aliphatic rings. The summed E-state index contributed by atoms with van der Waals surface area (Å²) in [6.45, 7) is 1.95. The van der Waals surface area contributed by atoms with E-state index < -0.39 is 0 Å². The molecule has 0 saturated carbocycles. The van der Waals surface area contributed by atoms with Crippen molar-refractivity contribution in [1.82, 2.24) is 0 Å². The Morgan fingerprint density at radius 3 is 2.00 bits per heavy atom. The Kier molecular flexibility index (Phi) is 2.43. The Morgan fingerprint density at radius 2 is 1.58 bits per heavy atom. The first-order valence-electron chi connectivity index (χ1n) is 3.89. The number of hydrogen-bond donors (Lipinski definition) is 3. The molecule has 0 saturated heterocycles. The standard InChI is InChI=1S/C9H12O3/c1-2-3-7-8(11)4-6(10)5-9(7)12/h4-5,10-12H,2-3H2,1H3. The van der Waals surface area contributed by atoms with Crippen molar-refractivity contribution in [3.05, 3.63) is 17.7 Å². The molecule has 0 amide bonds. The van der Waals surface area contributed by atoms with E-state index in [2.05, 4.69) is 0 Å². The number of aromatic hydroxyl groups is 3. The first kappa shape index (κ1) is 8.71. The van der Waals surface area contributed by atoms with E-state index in [9.17, 15) is 10.2 Å². The van der Waals surface area contributed by atoms with E-state index in [4.69, 9.17) is 5.11 Å². The van der Waals surface area contributed by atoms with Crippen LogP contribution in [0.25, 0.3) is 0 Å². The third kappa shape index (κ3) is 1.61. The van der Waals surface area contributed by atoms with Crippen LogP contribution in [0.2, 0.25) is 0 Å². The SMILES string of the molecule is CCCc1c(O)cc(O)cc1O. The maximum atomic E-state index is 9.28. The monoisotopic (exact) mass is 168 g/mol. The van der Waals surface area contributed by atoms with Gasteiger partial charge in [-0.25, -0.2) is 0 Å². The Balaban J connectivity index is 3.10. The van der Waals surface area contributed by atoms with E-state index >= 15 is 0 Å². The van der Waals surface area contributed by atoms with E-state index in [-0.39, 0.29) is 17.2 Å². The average molecular weight is 168 g/mol. The zero-order valence-electron chi connectivity index (χ0n) is 6.91. The minimum atomic E-state index is -0.121. The second-order valence-corrected chi connectivity index (χ2v) is 2.71. The van der Waals surface area contributed by atoms with Gasteiger partial charge in [0.2, 0.25) is 0 Å². The van der Waals surface area contributed by atoms with Crippen molar-refractivity contribution in [2.45, 2.75) is 19.8 Å². The molecule has 0 unspecified atom stereocenters. The lowest BCUT2D eigenvalue weighted by atomic mass is 10.1. The number of hydrogen-bond acceptors (Lipinski definition) is 3. The van der Waals surface area contributed by atoms with E-state index in [0.717, 1.165) is 6.42 Å². The zero-order valence-corrected chi connectivity index (χ0v) is 6.91. The number of benzene rings is 1. The second kappa shape index (κ2) is 3.34. The predicted molar refractivity (Wildman–Crippen MR) is 45.4 cm³/mol. The molecule has 3 heteroatoms. The molecular formula is C9H12O3. The second-order valence-electron chi connectivity index (χ2n) is 2.71. The van der Waals surface area contributed by atoms with Crippen LogP contribution >= 0.6 is 0 Å². The summed E-state index contributed by atoms with van der Waals surface area (Å²) in [5.74, 6) is -0.214. The number of phenolic OH excluding ortho intramolecular Hbond substituents is 3. The maximum Gasteiger partial charge on any atom is 0.126 e. The van der Waals surface area contributed by atoms with Gasteiger partial charge in [0.25, 0.3) is 0 Å². The molecule has 0 fully saturated rings. The smallest absolute Gasteiger partial charge is 0.126 e. The number of phenols is 3. The van der Waals surface area contributed by atoms with Crippen molar-refractivity contribution in [3.63, 3.8) is 0 Å². The van der Waals surface area contributed by atoms with Crippen LogP contribution in [0.4, 0.5) is 0 Å². The molecule has 0 bridgehead atoms. The molecule has 0 heterocycles. The van der Waals surface area contributed by atoms with Gasteiger partial charge in [-0.05, 0) is 6.42 Å². The summed E-state index contributed by atoms with van der Waals surface area (Å²) in [7, 11) is 0. The highest BCUT2D eigenvalue weighted by atomic mass is 16.3. The van der Waals surface area contributed by atoms with Crippen LogP contribution in [-0.2, 0) is 6.42 Å². The Hall–Kier alpha value is -1.38. The molecule has 12 heavy (non-hydrogen) atoms. The van der Waals surface area contributed by atoms with Gasteiger partial charge >= 0.3 is 0 Å². The third-order valence-electron chi connectivity index (χ3n) is 1.69. The highest BCUT2D eigenvalue weighted by Crippen LogP contribution is 2.32. The van der Waals surface area contributed by atoms with Gasteiger partial charge in [0.15, 0.2) is 0 Å². The summed E-state index contributed by atoms with van der Waals surface area (Å²) in [4.78, 5) is 0. The molecule has 3 N–H and O–H groups in total. The van der Waals surface area contributed by atoms with Crippen LogP contribution in [0, 0.1) is 0 Å². The lowest BCUT2D eigenvalue weighted by molar-refractivity contribution is 0.418. The molecule has 0 aliphatic carbocycles.